The second kappa shape index (κ2) is 10.5. The van der Waals surface area contributed by atoms with Gasteiger partial charge in [0.1, 0.15) is 5.75 Å². The number of nitrogens with one attached hydrogen (secondary N) is 1. The maximum atomic E-state index is 12.8. The number of ether oxygens (including phenoxy) is 2. The van der Waals surface area contributed by atoms with Crippen molar-refractivity contribution < 1.29 is 19.1 Å². The Hall–Kier alpha value is -2.08. The van der Waals surface area contributed by atoms with Gasteiger partial charge in [0.05, 0.1) is 13.2 Å². The molecular formula is C22H32N2O4. The third-order valence-electron chi connectivity index (χ3n) is 5.67. The Labute approximate surface area is 167 Å². The number of rotatable bonds is 9. The molecule has 1 aliphatic heterocycles. The number of anilines is 1. The van der Waals surface area contributed by atoms with E-state index in [1.807, 2.05) is 23.1 Å². The number of carbonyl (C=O) groups excluding carboxylic acids is 2. The maximum absolute atomic E-state index is 12.8. The number of amides is 2. The molecule has 0 bridgehead atoms. The Bertz CT molecular complexity index is 671. The Morgan fingerprint density at radius 3 is 2.79 bits per heavy atom. The van der Waals surface area contributed by atoms with Crippen LogP contribution in [0.5, 0.6) is 5.75 Å². The summed E-state index contributed by atoms with van der Waals surface area (Å²) in [7, 11) is 1.68. The minimum absolute atomic E-state index is 0.0501. The zero-order chi connectivity index (χ0) is 19.8. The zero-order valence-corrected chi connectivity index (χ0v) is 16.9. The minimum atomic E-state index is 0.0501. The second-order valence-corrected chi connectivity index (χ2v) is 7.65. The summed E-state index contributed by atoms with van der Waals surface area (Å²) in [4.78, 5) is 26.4. The molecule has 2 aliphatic rings. The summed E-state index contributed by atoms with van der Waals surface area (Å²) >= 11 is 0. The van der Waals surface area contributed by atoms with Crippen LogP contribution in [0.3, 0.4) is 0 Å². The second-order valence-electron chi connectivity index (χ2n) is 7.65. The van der Waals surface area contributed by atoms with Crippen molar-refractivity contribution in [1.29, 1.82) is 0 Å². The van der Waals surface area contributed by atoms with E-state index in [0.717, 1.165) is 29.8 Å². The summed E-state index contributed by atoms with van der Waals surface area (Å²) in [6, 6.07) is 6.09. The Morgan fingerprint density at radius 1 is 1.18 bits per heavy atom. The fourth-order valence-electron chi connectivity index (χ4n) is 4.17. The molecule has 3 rings (SSSR count). The Morgan fingerprint density at radius 2 is 2.00 bits per heavy atom. The van der Waals surface area contributed by atoms with E-state index in [2.05, 4.69) is 5.32 Å². The minimum Gasteiger partial charge on any atom is -0.493 e. The third kappa shape index (κ3) is 5.47. The van der Waals surface area contributed by atoms with Crippen LogP contribution in [0.15, 0.2) is 18.2 Å². The van der Waals surface area contributed by atoms with Crippen LogP contribution in [-0.2, 0) is 20.7 Å². The van der Waals surface area contributed by atoms with E-state index in [4.69, 9.17) is 9.47 Å². The summed E-state index contributed by atoms with van der Waals surface area (Å²) in [6.07, 6.45) is 8.27. The van der Waals surface area contributed by atoms with E-state index in [-0.39, 0.29) is 11.8 Å². The van der Waals surface area contributed by atoms with Crippen molar-refractivity contribution in [2.24, 2.45) is 0 Å². The van der Waals surface area contributed by atoms with E-state index in [9.17, 15) is 9.59 Å². The molecule has 0 unspecified atom stereocenters. The quantitative estimate of drug-likeness (QED) is 0.657. The van der Waals surface area contributed by atoms with Gasteiger partial charge in [0.2, 0.25) is 11.8 Å². The highest BCUT2D eigenvalue weighted by Crippen LogP contribution is 2.31. The zero-order valence-electron chi connectivity index (χ0n) is 16.9. The van der Waals surface area contributed by atoms with Gasteiger partial charge < -0.3 is 19.7 Å². The van der Waals surface area contributed by atoms with E-state index in [1.54, 1.807) is 7.11 Å². The highest BCUT2D eigenvalue weighted by molar-refractivity contribution is 5.94. The van der Waals surface area contributed by atoms with Gasteiger partial charge in [0.15, 0.2) is 0 Å². The number of carbonyl (C=O) groups is 2. The number of hydrogen-bond donors (Lipinski definition) is 1. The SMILES string of the molecule is COCCN(C(=O)CCCOc1cccc2c1CCC(=O)N2)C1CCCCC1. The van der Waals surface area contributed by atoms with Crippen LogP contribution in [0.2, 0.25) is 0 Å². The van der Waals surface area contributed by atoms with Crippen molar-refractivity contribution in [1.82, 2.24) is 4.90 Å². The number of fused-ring (bicyclic) bond motifs is 1. The lowest BCUT2D eigenvalue weighted by Gasteiger charge is -2.34. The lowest BCUT2D eigenvalue weighted by Crippen LogP contribution is -2.43. The predicted molar refractivity (Wildman–Crippen MR) is 109 cm³/mol. The molecule has 0 radical (unpaired) electrons. The van der Waals surface area contributed by atoms with Crippen LogP contribution in [0.1, 0.15) is 56.9 Å². The molecule has 0 spiro atoms. The largest absolute Gasteiger partial charge is 0.493 e. The smallest absolute Gasteiger partial charge is 0.224 e. The van der Waals surface area contributed by atoms with Gasteiger partial charge >= 0.3 is 0 Å². The van der Waals surface area contributed by atoms with Crippen molar-refractivity contribution in [3.8, 4) is 5.75 Å². The molecule has 154 valence electrons. The molecule has 2 amide bonds. The molecular weight excluding hydrogens is 356 g/mol. The number of benzene rings is 1. The van der Waals surface area contributed by atoms with Crippen LogP contribution >= 0.6 is 0 Å². The van der Waals surface area contributed by atoms with E-state index in [0.29, 0.717) is 51.5 Å². The average molecular weight is 389 g/mol. The molecule has 0 atom stereocenters. The van der Waals surface area contributed by atoms with Gasteiger partial charge in [-0.2, -0.15) is 0 Å². The van der Waals surface area contributed by atoms with E-state index in [1.165, 1.54) is 19.3 Å². The first kappa shape index (κ1) is 20.6. The van der Waals surface area contributed by atoms with Gasteiger partial charge in [-0.3, -0.25) is 9.59 Å². The molecule has 1 aromatic carbocycles. The fourth-order valence-corrected chi connectivity index (χ4v) is 4.17. The van der Waals surface area contributed by atoms with Crippen LogP contribution in [0.4, 0.5) is 5.69 Å². The van der Waals surface area contributed by atoms with E-state index < -0.39 is 0 Å². The summed E-state index contributed by atoms with van der Waals surface area (Å²) in [5.74, 6) is 1.07. The molecule has 1 aromatic rings. The lowest BCUT2D eigenvalue weighted by molar-refractivity contribution is -0.135. The van der Waals surface area contributed by atoms with Crippen LogP contribution < -0.4 is 10.1 Å². The molecule has 1 fully saturated rings. The molecule has 6 heteroatoms. The summed E-state index contributed by atoms with van der Waals surface area (Å²) < 4.78 is 11.2. The first-order chi connectivity index (χ1) is 13.7. The predicted octanol–water partition coefficient (Wildman–Crippen LogP) is 3.54. The van der Waals surface area contributed by atoms with Gasteiger partial charge in [-0.1, -0.05) is 25.3 Å². The Kier molecular flexibility index (Phi) is 7.71. The van der Waals surface area contributed by atoms with Crippen molar-refractivity contribution in [2.45, 2.75) is 63.8 Å². The molecule has 1 N–H and O–H groups in total. The summed E-state index contributed by atoms with van der Waals surface area (Å²) in [5.41, 5.74) is 1.89. The molecule has 1 saturated carbocycles. The van der Waals surface area contributed by atoms with E-state index >= 15 is 0 Å². The molecule has 0 saturated heterocycles. The van der Waals surface area contributed by atoms with Gasteiger partial charge in [-0.15, -0.1) is 0 Å². The van der Waals surface area contributed by atoms with Gasteiger partial charge in [0, 0.05) is 43.8 Å². The van der Waals surface area contributed by atoms with Crippen molar-refractivity contribution >= 4 is 17.5 Å². The molecule has 28 heavy (non-hydrogen) atoms. The van der Waals surface area contributed by atoms with Crippen LogP contribution in [0, 0.1) is 0 Å². The summed E-state index contributed by atoms with van der Waals surface area (Å²) in [6.45, 7) is 1.76. The molecule has 0 aromatic heterocycles. The highest BCUT2D eigenvalue weighted by Gasteiger charge is 2.25. The normalized spacial score (nSPS) is 17.0. The lowest BCUT2D eigenvalue weighted by atomic mass is 9.94. The fraction of sp³-hybridized carbons (Fsp3) is 0.636. The Balaban J connectivity index is 1.49. The standard InChI is InChI=1S/C22H32N2O4/c1-27-16-14-24(17-7-3-2-4-8-17)22(26)11-6-15-28-20-10-5-9-19-18(20)12-13-21(25)23-19/h5,9-10,17H,2-4,6-8,11-16H2,1H3,(H,23,25). The summed E-state index contributed by atoms with van der Waals surface area (Å²) in [5, 5.41) is 2.89. The topological polar surface area (TPSA) is 67.9 Å². The monoisotopic (exact) mass is 388 g/mol. The molecule has 6 nitrogen and oxygen atoms in total. The van der Waals surface area contributed by atoms with Gasteiger partial charge in [-0.25, -0.2) is 0 Å². The van der Waals surface area contributed by atoms with Crippen molar-refractivity contribution in [2.75, 3.05) is 32.2 Å². The highest BCUT2D eigenvalue weighted by atomic mass is 16.5. The average Bonchev–Trinajstić information content (AvgIpc) is 2.72. The van der Waals surface area contributed by atoms with Crippen LogP contribution in [0.25, 0.3) is 0 Å². The third-order valence-corrected chi connectivity index (χ3v) is 5.67. The first-order valence-electron chi connectivity index (χ1n) is 10.5. The van der Waals surface area contributed by atoms with Crippen molar-refractivity contribution in [3.63, 3.8) is 0 Å². The van der Waals surface area contributed by atoms with Crippen molar-refractivity contribution in [3.05, 3.63) is 23.8 Å². The van der Waals surface area contributed by atoms with Crippen LogP contribution in [-0.4, -0.2) is 49.6 Å². The molecule has 1 heterocycles. The maximum Gasteiger partial charge on any atom is 0.224 e. The number of methoxy groups -OCH3 is 1. The molecule has 1 aliphatic carbocycles. The van der Waals surface area contributed by atoms with Gasteiger partial charge in [-0.05, 0) is 37.8 Å². The first-order valence-corrected chi connectivity index (χ1v) is 10.5. The number of hydrogen-bond acceptors (Lipinski definition) is 4. The number of nitrogens with zero attached hydrogens (tertiary/aromatic N) is 1. The van der Waals surface area contributed by atoms with Gasteiger partial charge in [0.25, 0.3) is 0 Å².